The maximum Gasteiger partial charge on any atom is 0.243 e. The maximum atomic E-state index is 4.18. The minimum Gasteiger partial charge on any atom is -0.346 e. The first kappa shape index (κ1) is 16.3. The van der Waals surface area contributed by atoms with Gasteiger partial charge in [-0.15, -0.1) is 0 Å². The van der Waals surface area contributed by atoms with E-state index in [2.05, 4.69) is 99.2 Å². The Morgan fingerprint density at radius 2 is 1.72 bits per heavy atom. The fraction of sp³-hybridized carbons (Fsp3) is 0.316. The summed E-state index contributed by atoms with van der Waals surface area (Å²) in [5.41, 5.74) is 3.83. The zero-order chi connectivity index (χ0) is 17.4. The van der Waals surface area contributed by atoms with E-state index < -0.39 is 0 Å². The van der Waals surface area contributed by atoms with Gasteiger partial charge in [0.25, 0.3) is 0 Å². The molecular weight excluding hydrogens is 378 g/mol. The molecule has 0 radical (unpaired) electrons. The zero-order valence-electron chi connectivity index (χ0n) is 14.2. The Kier molecular flexibility index (Phi) is 4.29. The van der Waals surface area contributed by atoms with Gasteiger partial charge in [-0.2, -0.15) is 0 Å². The third-order valence-electron chi connectivity index (χ3n) is 4.81. The molecule has 0 saturated heterocycles. The van der Waals surface area contributed by atoms with Crippen molar-refractivity contribution in [1.29, 1.82) is 0 Å². The second-order valence-corrected chi connectivity index (χ2v) is 7.68. The highest BCUT2D eigenvalue weighted by molar-refractivity contribution is 9.10. The van der Waals surface area contributed by atoms with Crippen molar-refractivity contribution in [2.75, 3.05) is 5.32 Å². The third-order valence-corrected chi connectivity index (χ3v) is 5.34. The predicted octanol–water partition coefficient (Wildman–Crippen LogP) is 4.71. The molecule has 2 unspecified atom stereocenters. The summed E-state index contributed by atoms with van der Waals surface area (Å²) in [4.78, 5) is 0. The monoisotopic (exact) mass is 397 g/mol. The van der Waals surface area contributed by atoms with Crippen molar-refractivity contribution in [3.05, 3.63) is 69.7 Å². The van der Waals surface area contributed by atoms with Crippen LogP contribution in [0.15, 0.2) is 53.0 Å². The summed E-state index contributed by atoms with van der Waals surface area (Å²) in [6, 6.07) is 17.6. The average molecular weight is 398 g/mol. The molecule has 2 heterocycles. The van der Waals surface area contributed by atoms with Gasteiger partial charge in [0.1, 0.15) is 0 Å². The first-order chi connectivity index (χ1) is 12.1. The molecule has 128 valence electrons. The Balaban J connectivity index is 1.67. The molecule has 5 nitrogen and oxygen atoms in total. The van der Waals surface area contributed by atoms with Crippen LogP contribution < -0.4 is 5.32 Å². The lowest BCUT2D eigenvalue weighted by atomic mass is 9.92. The molecule has 1 aromatic heterocycles. The van der Waals surface area contributed by atoms with Crippen LogP contribution in [-0.2, 0) is 0 Å². The van der Waals surface area contributed by atoms with Gasteiger partial charge >= 0.3 is 0 Å². The van der Waals surface area contributed by atoms with Crippen molar-refractivity contribution in [2.24, 2.45) is 0 Å². The van der Waals surface area contributed by atoms with Gasteiger partial charge in [0.15, 0.2) is 0 Å². The van der Waals surface area contributed by atoms with E-state index in [1.165, 1.54) is 16.7 Å². The topological polar surface area (TPSA) is 55.6 Å². The van der Waals surface area contributed by atoms with Crippen LogP contribution in [0, 0.1) is 0 Å². The Morgan fingerprint density at radius 1 is 1.04 bits per heavy atom. The number of halogens is 1. The summed E-state index contributed by atoms with van der Waals surface area (Å²) in [7, 11) is 0. The molecule has 0 bridgehead atoms. The fourth-order valence-electron chi connectivity index (χ4n) is 3.33. The highest BCUT2D eigenvalue weighted by atomic mass is 79.9. The molecule has 1 aliphatic heterocycles. The summed E-state index contributed by atoms with van der Waals surface area (Å²) in [5.74, 6) is 1.26. The van der Waals surface area contributed by atoms with Crippen LogP contribution in [0.4, 0.5) is 5.95 Å². The lowest BCUT2D eigenvalue weighted by Crippen LogP contribution is -2.28. The molecule has 0 fully saturated rings. The molecule has 1 N–H and O–H groups in total. The molecule has 3 aromatic rings. The number of hydrogen-bond donors (Lipinski definition) is 1. The van der Waals surface area contributed by atoms with E-state index in [-0.39, 0.29) is 12.1 Å². The largest absolute Gasteiger partial charge is 0.346 e. The van der Waals surface area contributed by atoms with E-state index in [1.807, 2.05) is 4.68 Å². The lowest BCUT2D eigenvalue weighted by molar-refractivity contribution is 0.423. The number of anilines is 1. The number of hydrogen-bond acceptors (Lipinski definition) is 4. The Hall–Kier alpha value is -2.21. The first-order valence-corrected chi connectivity index (χ1v) is 9.31. The lowest BCUT2D eigenvalue weighted by Gasteiger charge is -2.31. The van der Waals surface area contributed by atoms with Crippen molar-refractivity contribution in [2.45, 2.75) is 38.3 Å². The van der Waals surface area contributed by atoms with Crippen molar-refractivity contribution in [1.82, 2.24) is 20.2 Å². The average Bonchev–Trinajstić information content (AvgIpc) is 3.10. The Morgan fingerprint density at radius 3 is 2.40 bits per heavy atom. The molecular formula is C19H20BrN5. The summed E-state index contributed by atoms with van der Waals surface area (Å²) in [6.45, 7) is 4.43. The van der Waals surface area contributed by atoms with E-state index in [9.17, 15) is 0 Å². The molecule has 0 spiro atoms. The summed E-state index contributed by atoms with van der Waals surface area (Å²) < 4.78 is 2.95. The van der Waals surface area contributed by atoms with Crippen molar-refractivity contribution in [3.63, 3.8) is 0 Å². The number of tetrazole rings is 1. The van der Waals surface area contributed by atoms with E-state index >= 15 is 0 Å². The molecule has 1 aliphatic rings. The number of benzene rings is 2. The van der Waals surface area contributed by atoms with Gasteiger partial charge in [-0.1, -0.05) is 71.3 Å². The van der Waals surface area contributed by atoms with Gasteiger partial charge < -0.3 is 5.32 Å². The first-order valence-electron chi connectivity index (χ1n) is 8.51. The molecule has 25 heavy (non-hydrogen) atoms. The SMILES string of the molecule is CC(C)c1ccc(C2CC(c3ccc(Br)cc3)n3nnnc3N2)cc1. The highest BCUT2D eigenvalue weighted by Gasteiger charge is 2.30. The van der Waals surface area contributed by atoms with E-state index in [4.69, 9.17) is 0 Å². The number of aromatic nitrogens is 4. The van der Waals surface area contributed by atoms with Crippen LogP contribution in [-0.4, -0.2) is 20.2 Å². The van der Waals surface area contributed by atoms with Gasteiger partial charge in [-0.05, 0) is 51.6 Å². The van der Waals surface area contributed by atoms with Crippen LogP contribution >= 0.6 is 15.9 Å². The summed E-state index contributed by atoms with van der Waals surface area (Å²) >= 11 is 3.50. The summed E-state index contributed by atoms with van der Waals surface area (Å²) in [5, 5.41) is 15.7. The number of fused-ring (bicyclic) bond motifs is 1. The molecule has 0 saturated carbocycles. The standard InChI is InChI=1S/C19H20BrN5/c1-12(2)13-3-5-14(6-4-13)17-11-18(15-7-9-16(20)10-8-15)25-19(21-17)22-23-24-25/h3-10,12,17-18H,11H2,1-2H3,(H,21,22,24). The Labute approximate surface area is 155 Å². The van der Waals surface area contributed by atoms with E-state index in [0.29, 0.717) is 5.92 Å². The highest BCUT2D eigenvalue weighted by Crippen LogP contribution is 2.37. The van der Waals surface area contributed by atoms with Crippen LogP contribution in [0.1, 0.15) is 55.0 Å². The van der Waals surface area contributed by atoms with E-state index in [0.717, 1.165) is 16.8 Å². The molecule has 4 rings (SSSR count). The summed E-state index contributed by atoms with van der Waals surface area (Å²) in [6.07, 6.45) is 0.903. The van der Waals surface area contributed by atoms with Gasteiger partial charge in [-0.3, -0.25) is 0 Å². The van der Waals surface area contributed by atoms with Gasteiger partial charge in [0, 0.05) is 4.47 Å². The quantitative estimate of drug-likeness (QED) is 0.695. The van der Waals surface area contributed by atoms with Crippen LogP contribution in [0.25, 0.3) is 0 Å². The van der Waals surface area contributed by atoms with E-state index in [1.54, 1.807) is 0 Å². The molecule has 2 aromatic carbocycles. The minimum atomic E-state index is 0.120. The maximum absolute atomic E-state index is 4.18. The van der Waals surface area contributed by atoms with Crippen LogP contribution in [0.5, 0.6) is 0 Å². The smallest absolute Gasteiger partial charge is 0.243 e. The molecule has 0 amide bonds. The molecule has 6 heteroatoms. The van der Waals surface area contributed by atoms with Crippen molar-refractivity contribution < 1.29 is 0 Å². The zero-order valence-corrected chi connectivity index (χ0v) is 15.8. The molecule has 0 aliphatic carbocycles. The van der Waals surface area contributed by atoms with Gasteiger partial charge in [0.2, 0.25) is 5.95 Å². The second kappa shape index (κ2) is 6.59. The predicted molar refractivity (Wildman–Crippen MR) is 102 cm³/mol. The second-order valence-electron chi connectivity index (χ2n) is 6.77. The van der Waals surface area contributed by atoms with Crippen LogP contribution in [0.3, 0.4) is 0 Å². The van der Waals surface area contributed by atoms with Gasteiger partial charge in [0.05, 0.1) is 12.1 Å². The fourth-order valence-corrected chi connectivity index (χ4v) is 3.60. The number of rotatable bonds is 3. The van der Waals surface area contributed by atoms with Crippen molar-refractivity contribution >= 4 is 21.9 Å². The number of nitrogens with one attached hydrogen (secondary N) is 1. The minimum absolute atomic E-state index is 0.120. The third kappa shape index (κ3) is 3.18. The molecule has 2 atom stereocenters. The Bertz CT molecular complexity index is 854. The normalized spacial score (nSPS) is 19.5. The number of nitrogens with zero attached hydrogens (tertiary/aromatic N) is 4. The van der Waals surface area contributed by atoms with Crippen LogP contribution in [0.2, 0.25) is 0 Å². The van der Waals surface area contributed by atoms with Crippen molar-refractivity contribution in [3.8, 4) is 0 Å². The van der Waals surface area contributed by atoms with Gasteiger partial charge in [-0.25, -0.2) is 4.68 Å².